The molecule has 1 aromatic carbocycles. The number of fused-ring (bicyclic) bond motifs is 1. The Labute approximate surface area is 152 Å². The summed E-state index contributed by atoms with van der Waals surface area (Å²) in [6, 6.07) is 8.31. The van der Waals surface area contributed by atoms with E-state index >= 15 is 0 Å². The third kappa shape index (κ3) is 3.24. The lowest BCUT2D eigenvalue weighted by atomic mass is 9.95. The summed E-state index contributed by atoms with van der Waals surface area (Å²) in [7, 11) is 0. The summed E-state index contributed by atoms with van der Waals surface area (Å²) in [5.74, 6) is 0.103. The van der Waals surface area contributed by atoms with Gasteiger partial charge in [0, 0.05) is 13.1 Å². The monoisotopic (exact) mass is 356 g/mol. The van der Waals surface area contributed by atoms with Crippen LogP contribution in [0.1, 0.15) is 49.2 Å². The van der Waals surface area contributed by atoms with E-state index in [0.717, 1.165) is 12.0 Å². The number of carbonyl (C=O) groups excluding carboxylic acids is 1. The van der Waals surface area contributed by atoms with E-state index in [1.54, 1.807) is 24.7 Å². The number of benzene rings is 1. The van der Waals surface area contributed by atoms with Crippen LogP contribution in [-0.4, -0.2) is 50.6 Å². The highest BCUT2D eigenvalue weighted by atomic mass is 16.5. The first kappa shape index (κ1) is 17.2. The molecule has 1 fully saturated rings. The van der Waals surface area contributed by atoms with Gasteiger partial charge in [0.2, 0.25) is 5.91 Å². The Kier molecular flexibility index (Phi) is 4.28. The number of rotatable bonds is 4. The first-order valence-corrected chi connectivity index (χ1v) is 9.03. The van der Waals surface area contributed by atoms with Gasteiger partial charge in [0.05, 0.1) is 31.4 Å². The predicted octanol–water partition coefficient (Wildman–Crippen LogP) is 1.59. The van der Waals surface area contributed by atoms with E-state index in [1.807, 2.05) is 17.0 Å². The van der Waals surface area contributed by atoms with E-state index in [1.165, 1.54) is 5.56 Å². The van der Waals surface area contributed by atoms with Gasteiger partial charge in [-0.1, -0.05) is 29.5 Å². The fraction of sp³-hybridized carbons (Fsp3) is 0.526. The Morgan fingerprint density at radius 1 is 1.35 bits per heavy atom. The number of hydrogen-bond donors (Lipinski definition) is 1. The Balaban J connectivity index is 1.35. The average molecular weight is 356 g/mol. The number of aliphatic hydroxyl groups is 1. The molecule has 1 saturated heterocycles. The van der Waals surface area contributed by atoms with Gasteiger partial charge in [-0.3, -0.25) is 4.79 Å². The molecule has 7 heteroatoms. The van der Waals surface area contributed by atoms with Gasteiger partial charge in [-0.05, 0) is 31.4 Å². The lowest BCUT2D eigenvalue weighted by molar-refractivity contribution is -0.140. The number of aromatic nitrogens is 3. The zero-order valence-corrected chi connectivity index (χ0v) is 15.1. The summed E-state index contributed by atoms with van der Waals surface area (Å²) in [4.78, 5) is 14.4. The normalized spacial score (nSPS) is 20.6. The highest BCUT2D eigenvalue weighted by Gasteiger charge is 2.35. The maximum atomic E-state index is 12.6. The molecule has 1 unspecified atom stereocenters. The first-order valence-electron chi connectivity index (χ1n) is 9.03. The number of likely N-dealkylation sites (tertiary alicyclic amines) is 1. The van der Waals surface area contributed by atoms with Crippen LogP contribution in [0.25, 0.3) is 0 Å². The number of amides is 1. The van der Waals surface area contributed by atoms with Gasteiger partial charge >= 0.3 is 0 Å². The maximum Gasteiger partial charge on any atom is 0.225 e. The Morgan fingerprint density at radius 2 is 2.12 bits per heavy atom. The minimum Gasteiger partial charge on any atom is -0.384 e. The van der Waals surface area contributed by atoms with Gasteiger partial charge in [0.25, 0.3) is 0 Å². The second-order valence-corrected chi connectivity index (χ2v) is 7.61. The third-order valence-corrected chi connectivity index (χ3v) is 5.18. The molecule has 1 aromatic heterocycles. The number of ether oxygens (including phenoxy) is 1. The summed E-state index contributed by atoms with van der Waals surface area (Å²) in [6.07, 6.45) is 2.88. The van der Waals surface area contributed by atoms with Gasteiger partial charge in [-0.2, -0.15) is 0 Å². The van der Waals surface area contributed by atoms with Crippen molar-refractivity contribution in [1.29, 1.82) is 0 Å². The second kappa shape index (κ2) is 6.48. The molecule has 0 bridgehead atoms. The van der Waals surface area contributed by atoms with E-state index < -0.39 is 5.60 Å². The molecule has 1 N–H and O–H groups in total. The zero-order chi connectivity index (χ0) is 18.3. The molecule has 138 valence electrons. The molecular weight excluding hydrogens is 332 g/mol. The number of nitrogens with zero attached hydrogens (tertiary/aromatic N) is 4. The van der Waals surface area contributed by atoms with E-state index in [9.17, 15) is 9.90 Å². The highest BCUT2D eigenvalue weighted by Crippen LogP contribution is 2.31. The van der Waals surface area contributed by atoms with Crippen molar-refractivity contribution in [3.05, 3.63) is 47.3 Å². The van der Waals surface area contributed by atoms with Crippen LogP contribution in [0.2, 0.25) is 0 Å². The SMILES string of the molecule is CC(C)(O)c1cn(C2CN(C(=O)CC3OCCc4ccccc43)C2)nn1. The molecule has 2 aromatic rings. The molecule has 0 aliphatic carbocycles. The van der Waals surface area contributed by atoms with Crippen LogP contribution >= 0.6 is 0 Å². The molecule has 0 spiro atoms. The van der Waals surface area contributed by atoms with Crippen LogP contribution in [0.5, 0.6) is 0 Å². The molecule has 3 heterocycles. The first-order chi connectivity index (χ1) is 12.4. The fourth-order valence-electron chi connectivity index (χ4n) is 3.50. The summed E-state index contributed by atoms with van der Waals surface area (Å²) in [5, 5.41) is 18.1. The standard InChI is InChI=1S/C19H24N4O3/c1-19(2,25)17-12-23(21-20-17)14-10-22(11-14)18(24)9-16-15-6-4-3-5-13(15)7-8-26-16/h3-6,12,14,16,25H,7-11H2,1-2H3. The maximum absolute atomic E-state index is 12.6. The van der Waals surface area contributed by atoms with Crippen molar-refractivity contribution >= 4 is 5.91 Å². The molecule has 0 radical (unpaired) electrons. The number of carbonyl (C=O) groups is 1. The van der Waals surface area contributed by atoms with Gasteiger partial charge in [0.15, 0.2) is 0 Å². The second-order valence-electron chi connectivity index (χ2n) is 7.61. The fourth-order valence-corrected chi connectivity index (χ4v) is 3.50. The summed E-state index contributed by atoms with van der Waals surface area (Å²) < 4.78 is 7.58. The zero-order valence-electron chi connectivity index (χ0n) is 15.1. The van der Waals surface area contributed by atoms with Crippen LogP contribution in [0.3, 0.4) is 0 Å². The van der Waals surface area contributed by atoms with Crippen LogP contribution < -0.4 is 0 Å². The number of hydrogen-bond acceptors (Lipinski definition) is 5. The Bertz CT molecular complexity index is 805. The molecular formula is C19H24N4O3. The predicted molar refractivity (Wildman–Crippen MR) is 94.3 cm³/mol. The smallest absolute Gasteiger partial charge is 0.225 e. The van der Waals surface area contributed by atoms with E-state index in [2.05, 4.69) is 22.4 Å². The Morgan fingerprint density at radius 3 is 2.85 bits per heavy atom. The lowest BCUT2D eigenvalue weighted by Gasteiger charge is -2.40. The van der Waals surface area contributed by atoms with Crippen LogP contribution in [-0.2, 0) is 21.6 Å². The van der Waals surface area contributed by atoms with Crippen molar-refractivity contribution in [2.24, 2.45) is 0 Å². The Hall–Kier alpha value is -2.25. The summed E-state index contributed by atoms with van der Waals surface area (Å²) in [6.45, 7) is 5.25. The topological polar surface area (TPSA) is 80.5 Å². The van der Waals surface area contributed by atoms with Crippen molar-refractivity contribution < 1.29 is 14.6 Å². The van der Waals surface area contributed by atoms with Gasteiger partial charge in [0.1, 0.15) is 11.3 Å². The van der Waals surface area contributed by atoms with Crippen molar-refractivity contribution in [2.75, 3.05) is 19.7 Å². The molecule has 1 atom stereocenters. The van der Waals surface area contributed by atoms with Gasteiger partial charge in [-0.25, -0.2) is 4.68 Å². The molecule has 26 heavy (non-hydrogen) atoms. The van der Waals surface area contributed by atoms with Crippen molar-refractivity contribution in [2.45, 2.75) is 44.4 Å². The third-order valence-electron chi connectivity index (χ3n) is 5.18. The largest absolute Gasteiger partial charge is 0.384 e. The molecule has 1 amide bonds. The quantitative estimate of drug-likeness (QED) is 0.900. The van der Waals surface area contributed by atoms with E-state index in [-0.39, 0.29) is 18.1 Å². The van der Waals surface area contributed by atoms with E-state index in [0.29, 0.717) is 31.8 Å². The minimum atomic E-state index is -1.01. The van der Waals surface area contributed by atoms with E-state index in [4.69, 9.17) is 4.74 Å². The van der Waals surface area contributed by atoms with Crippen molar-refractivity contribution in [3.8, 4) is 0 Å². The highest BCUT2D eigenvalue weighted by molar-refractivity contribution is 5.78. The van der Waals surface area contributed by atoms with Gasteiger partial charge < -0.3 is 14.7 Å². The summed E-state index contributed by atoms with van der Waals surface area (Å²) in [5.41, 5.74) is 1.94. The molecule has 4 rings (SSSR count). The molecule has 7 nitrogen and oxygen atoms in total. The van der Waals surface area contributed by atoms with Crippen molar-refractivity contribution in [3.63, 3.8) is 0 Å². The molecule has 0 saturated carbocycles. The molecule has 2 aliphatic rings. The van der Waals surface area contributed by atoms with Gasteiger partial charge in [-0.15, -0.1) is 5.10 Å². The summed E-state index contributed by atoms with van der Waals surface area (Å²) >= 11 is 0. The lowest BCUT2D eigenvalue weighted by Crippen LogP contribution is -2.51. The average Bonchev–Trinajstić information content (AvgIpc) is 3.04. The minimum absolute atomic E-state index is 0.103. The molecule has 2 aliphatic heterocycles. The van der Waals surface area contributed by atoms with Crippen molar-refractivity contribution in [1.82, 2.24) is 19.9 Å². The van der Waals surface area contributed by atoms with Crippen LogP contribution in [0.15, 0.2) is 30.5 Å². The van der Waals surface area contributed by atoms with Crippen LogP contribution in [0.4, 0.5) is 0 Å². The van der Waals surface area contributed by atoms with Crippen LogP contribution in [0, 0.1) is 0 Å².